The van der Waals surface area contributed by atoms with Crippen molar-refractivity contribution in [3.63, 3.8) is 0 Å². The number of halogens is 1. The van der Waals surface area contributed by atoms with Gasteiger partial charge in [-0.3, -0.25) is 9.78 Å². The number of H-pyrrole nitrogens is 1. The van der Waals surface area contributed by atoms with E-state index in [1.165, 1.54) is 12.3 Å². The van der Waals surface area contributed by atoms with Crippen molar-refractivity contribution in [3.05, 3.63) is 70.8 Å². The van der Waals surface area contributed by atoms with Crippen molar-refractivity contribution in [1.82, 2.24) is 19.9 Å². The van der Waals surface area contributed by atoms with Gasteiger partial charge in [-0.15, -0.1) is 0 Å². The number of nitrogens with one attached hydrogen (secondary N) is 3. The Kier molecular flexibility index (Phi) is 4.46. The van der Waals surface area contributed by atoms with E-state index >= 15 is 0 Å². The average molecular weight is 326 g/mol. The summed E-state index contributed by atoms with van der Waals surface area (Å²) in [7, 11) is 0. The zero-order valence-electron chi connectivity index (χ0n) is 12.8. The number of anilines is 3. The van der Waals surface area contributed by atoms with Gasteiger partial charge in [-0.1, -0.05) is 0 Å². The molecule has 0 saturated carbocycles. The van der Waals surface area contributed by atoms with E-state index in [4.69, 9.17) is 0 Å². The van der Waals surface area contributed by atoms with Gasteiger partial charge in [0.25, 0.3) is 5.56 Å². The molecule has 0 spiro atoms. The molecule has 3 rings (SSSR count). The number of hydrogen-bond acceptors (Lipinski definition) is 6. The summed E-state index contributed by atoms with van der Waals surface area (Å²) in [4.78, 5) is 26.7. The Hall–Kier alpha value is -3.29. The van der Waals surface area contributed by atoms with E-state index in [-0.39, 0.29) is 23.4 Å². The molecule has 8 heteroatoms. The fourth-order valence-corrected chi connectivity index (χ4v) is 2.08. The summed E-state index contributed by atoms with van der Waals surface area (Å²) < 4.78 is 12.9. The zero-order chi connectivity index (χ0) is 16.9. The molecular weight excluding hydrogens is 311 g/mol. The van der Waals surface area contributed by atoms with E-state index in [0.29, 0.717) is 17.2 Å². The molecule has 3 aromatic rings. The van der Waals surface area contributed by atoms with Crippen molar-refractivity contribution in [2.24, 2.45) is 0 Å². The molecule has 0 radical (unpaired) electrons. The lowest BCUT2D eigenvalue weighted by Crippen LogP contribution is -2.13. The molecular formula is C16H15FN6O. The van der Waals surface area contributed by atoms with E-state index in [1.807, 2.05) is 6.92 Å². The van der Waals surface area contributed by atoms with Gasteiger partial charge >= 0.3 is 0 Å². The zero-order valence-corrected chi connectivity index (χ0v) is 12.8. The van der Waals surface area contributed by atoms with Crippen LogP contribution in [0.25, 0.3) is 0 Å². The molecule has 3 aromatic heterocycles. The lowest BCUT2D eigenvalue weighted by molar-refractivity contribution is 0.617. The Labute approximate surface area is 137 Å². The Balaban J connectivity index is 1.74. The molecule has 0 aliphatic heterocycles. The molecule has 0 unspecified atom stereocenters. The molecule has 3 heterocycles. The largest absolute Gasteiger partial charge is 0.362 e. The predicted octanol–water partition coefficient (Wildman–Crippen LogP) is 2.62. The van der Waals surface area contributed by atoms with Crippen LogP contribution < -0.4 is 16.2 Å². The quantitative estimate of drug-likeness (QED) is 0.667. The first-order valence-electron chi connectivity index (χ1n) is 7.27. The first-order valence-corrected chi connectivity index (χ1v) is 7.27. The van der Waals surface area contributed by atoms with E-state index in [0.717, 1.165) is 0 Å². The topological polar surface area (TPSA) is 95.6 Å². The first-order chi connectivity index (χ1) is 11.6. The van der Waals surface area contributed by atoms with Crippen LogP contribution in [0, 0.1) is 5.82 Å². The summed E-state index contributed by atoms with van der Waals surface area (Å²) in [6.07, 6.45) is 4.28. The highest BCUT2D eigenvalue weighted by molar-refractivity contribution is 5.53. The maximum atomic E-state index is 12.9. The van der Waals surface area contributed by atoms with Crippen LogP contribution in [-0.2, 0) is 0 Å². The van der Waals surface area contributed by atoms with Gasteiger partial charge in [-0.05, 0) is 37.3 Å². The van der Waals surface area contributed by atoms with Crippen molar-refractivity contribution in [1.29, 1.82) is 0 Å². The van der Waals surface area contributed by atoms with E-state index in [2.05, 4.69) is 30.6 Å². The van der Waals surface area contributed by atoms with Crippen molar-refractivity contribution in [2.45, 2.75) is 13.0 Å². The smallest absolute Gasteiger partial charge is 0.271 e. The second-order valence-electron chi connectivity index (χ2n) is 5.07. The van der Waals surface area contributed by atoms with Crippen LogP contribution in [0.5, 0.6) is 0 Å². The first kappa shape index (κ1) is 15.6. The summed E-state index contributed by atoms with van der Waals surface area (Å²) in [5.74, 6) is 0.460. The Bertz CT molecular complexity index is 880. The molecule has 0 aliphatic rings. The molecule has 7 nitrogen and oxygen atoms in total. The molecule has 1 atom stereocenters. The molecule has 0 bridgehead atoms. The van der Waals surface area contributed by atoms with Crippen molar-refractivity contribution in [2.75, 3.05) is 10.6 Å². The highest BCUT2D eigenvalue weighted by atomic mass is 19.1. The number of pyridine rings is 2. The standard InChI is InChI=1S/C16H15FN6O/c1-10(12-5-4-11(17)9-20-12)21-14-6-8-19-16(23-14)22-13-3-2-7-18-15(13)24/h2-10H,1H3,(H,18,24)(H2,19,21,22,23)/t10-/m0/s1. The van der Waals surface area contributed by atoms with Gasteiger partial charge in [0.2, 0.25) is 5.95 Å². The van der Waals surface area contributed by atoms with Crippen LogP contribution in [0.1, 0.15) is 18.7 Å². The average Bonchev–Trinajstić information content (AvgIpc) is 2.58. The van der Waals surface area contributed by atoms with Gasteiger partial charge in [0.1, 0.15) is 17.3 Å². The fraction of sp³-hybridized carbons (Fsp3) is 0.125. The minimum Gasteiger partial charge on any atom is -0.362 e. The van der Waals surface area contributed by atoms with E-state index in [1.54, 1.807) is 36.7 Å². The summed E-state index contributed by atoms with van der Waals surface area (Å²) in [6.45, 7) is 1.89. The lowest BCUT2D eigenvalue weighted by Gasteiger charge is -2.14. The highest BCUT2D eigenvalue weighted by Crippen LogP contribution is 2.17. The second-order valence-corrected chi connectivity index (χ2v) is 5.07. The van der Waals surface area contributed by atoms with Gasteiger partial charge in [-0.2, -0.15) is 4.98 Å². The van der Waals surface area contributed by atoms with Crippen LogP contribution in [0.4, 0.5) is 21.8 Å². The van der Waals surface area contributed by atoms with Gasteiger partial charge in [-0.25, -0.2) is 9.37 Å². The molecule has 3 N–H and O–H groups in total. The van der Waals surface area contributed by atoms with Crippen LogP contribution in [0.2, 0.25) is 0 Å². The highest BCUT2D eigenvalue weighted by Gasteiger charge is 2.09. The maximum Gasteiger partial charge on any atom is 0.271 e. The van der Waals surface area contributed by atoms with E-state index in [9.17, 15) is 9.18 Å². The lowest BCUT2D eigenvalue weighted by atomic mass is 10.2. The summed E-state index contributed by atoms with van der Waals surface area (Å²) >= 11 is 0. The van der Waals surface area contributed by atoms with Crippen LogP contribution >= 0.6 is 0 Å². The maximum absolute atomic E-state index is 12.9. The Morgan fingerprint density at radius 3 is 2.83 bits per heavy atom. The van der Waals surface area contributed by atoms with Crippen LogP contribution in [-0.4, -0.2) is 19.9 Å². The third kappa shape index (κ3) is 3.72. The summed E-state index contributed by atoms with van der Waals surface area (Å²) in [5.41, 5.74) is 0.773. The number of aromatic nitrogens is 4. The van der Waals surface area contributed by atoms with Gasteiger partial charge in [0, 0.05) is 12.4 Å². The summed E-state index contributed by atoms with van der Waals surface area (Å²) in [5, 5.41) is 6.02. The molecule has 0 fully saturated rings. The Morgan fingerprint density at radius 2 is 2.08 bits per heavy atom. The van der Waals surface area contributed by atoms with Gasteiger partial charge in [0.15, 0.2) is 0 Å². The van der Waals surface area contributed by atoms with Crippen molar-refractivity contribution in [3.8, 4) is 0 Å². The molecule has 24 heavy (non-hydrogen) atoms. The van der Waals surface area contributed by atoms with Gasteiger partial charge in [0.05, 0.1) is 17.9 Å². The minimum absolute atomic E-state index is 0.173. The van der Waals surface area contributed by atoms with Crippen LogP contribution in [0.15, 0.2) is 53.7 Å². The van der Waals surface area contributed by atoms with Crippen molar-refractivity contribution < 1.29 is 4.39 Å². The monoisotopic (exact) mass is 326 g/mol. The third-order valence-corrected chi connectivity index (χ3v) is 3.28. The van der Waals surface area contributed by atoms with Crippen molar-refractivity contribution >= 4 is 17.5 Å². The molecule has 0 saturated heterocycles. The number of hydrogen-bond donors (Lipinski definition) is 3. The third-order valence-electron chi connectivity index (χ3n) is 3.28. The number of rotatable bonds is 5. The molecule has 0 amide bonds. The minimum atomic E-state index is -0.382. The van der Waals surface area contributed by atoms with Gasteiger partial charge < -0.3 is 15.6 Å². The number of aromatic amines is 1. The van der Waals surface area contributed by atoms with E-state index < -0.39 is 0 Å². The molecule has 0 aromatic carbocycles. The van der Waals surface area contributed by atoms with Crippen LogP contribution in [0.3, 0.4) is 0 Å². The predicted molar refractivity (Wildman–Crippen MR) is 88.6 cm³/mol. The molecule has 122 valence electrons. The second kappa shape index (κ2) is 6.86. The normalized spacial score (nSPS) is 11.8. The molecule has 0 aliphatic carbocycles. The summed E-state index contributed by atoms with van der Waals surface area (Å²) in [6, 6.07) is 7.82. The Morgan fingerprint density at radius 1 is 1.21 bits per heavy atom. The SMILES string of the molecule is C[C@H](Nc1ccnc(Nc2ccc[nH]c2=O)n1)c1ccc(F)cn1. The fourth-order valence-electron chi connectivity index (χ4n) is 2.08. The number of nitrogens with zero attached hydrogens (tertiary/aromatic N) is 3.